The molecular formula is C12H20N4O. The third-order valence-electron chi connectivity index (χ3n) is 4.13. The number of piperidine rings is 1. The van der Waals surface area contributed by atoms with Crippen LogP contribution in [0.5, 0.6) is 0 Å². The molecular weight excluding hydrogens is 216 g/mol. The molecule has 1 amide bonds. The molecule has 0 N–H and O–H groups in total. The van der Waals surface area contributed by atoms with Gasteiger partial charge in [0.1, 0.15) is 0 Å². The van der Waals surface area contributed by atoms with Gasteiger partial charge in [-0.2, -0.15) is 0 Å². The Labute approximate surface area is 102 Å². The number of likely N-dealkylation sites (tertiary alicyclic amines) is 1. The molecule has 1 heterocycles. The summed E-state index contributed by atoms with van der Waals surface area (Å²) in [6.45, 7) is 2.12. The van der Waals surface area contributed by atoms with Crippen LogP contribution in [0.15, 0.2) is 5.11 Å². The van der Waals surface area contributed by atoms with E-state index in [1.807, 2.05) is 4.90 Å². The predicted octanol–water partition coefficient (Wildman–Crippen LogP) is 2.73. The van der Waals surface area contributed by atoms with Gasteiger partial charge < -0.3 is 4.90 Å². The van der Waals surface area contributed by atoms with E-state index < -0.39 is 0 Å². The van der Waals surface area contributed by atoms with E-state index in [0.717, 1.165) is 31.3 Å². The van der Waals surface area contributed by atoms with Crippen molar-refractivity contribution in [3.63, 3.8) is 0 Å². The molecule has 0 spiro atoms. The average Bonchev–Trinajstić information content (AvgIpc) is 2.38. The Bertz CT molecular complexity index is 324. The maximum absolute atomic E-state index is 11.9. The van der Waals surface area contributed by atoms with Crippen molar-refractivity contribution >= 4 is 5.91 Å². The van der Waals surface area contributed by atoms with Crippen molar-refractivity contribution in [1.82, 2.24) is 4.90 Å². The average molecular weight is 236 g/mol. The zero-order chi connectivity index (χ0) is 12.1. The number of hydrogen-bond donors (Lipinski definition) is 0. The highest BCUT2D eigenvalue weighted by molar-refractivity contribution is 5.76. The lowest BCUT2D eigenvalue weighted by Gasteiger charge is -2.41. The predicted molar refractivity (Wildman–Crippen MR) is 65.3 cm³/mol. The summed E-state index contributed by atoms with van der Waals surface area (Å²) in [5.74, 6) is 1.73. The molecule has 2 fully saturated rings. The summed E-state index contributed by atoms with van der Waals surface area (Å²) in [6, 6.07) is 0. The highest BCUT2D eigenvalue weighted by atomic mass is 16.2. The van der Waals surface area contributed by atoms with E-state index in [1.54, 1.807) is 0 Å². The fourth-order valence-corrected chi connectivity index (χ4v) is 3.18. The molecule has 0 aromatic carbocycles. The third kappa shape index (κ3) is 3.13. The first-order valence-corrected chi connectivity index (χ1v) is 6.60. The van der Waals surface area contributed by atoms with Gasteiger partial charge in [-0.1, -0.05) is 24.4 Å². The Hall–Kier alpha value is -1.22. The highest BCUT2D eigenvalue weighted by Gasteiger charge is 2.32. The first kappa shape index (κ1) is 12.2. The Balaban J connectivity index is 1.82. The van der Waals surface area contributed by atoms with E-state index in [1.165, 1.54) is 25.7 Å². The minimum Gasteiger partial charge on any atom is -0.342 e. The van der Waals surface area contributed by atoms with Crippen LogP contribution in [0.25, 0.3) is 10.4 Å². The van der Waals surface area contributed by atoms with Crippen LogP contribution in [0.3, 0.4) is 0 Å². The van der Waals surface area contributed by atoms with Gasteiger partial charge in [0.25, 0.3) is 0 Å². The van der Waals surface area contributed by atoms with Gasteiger partial charge in [0.2, 0.25) is 5.91 Å². The number of hydrogen-bond acceptors (Lipinski definition) is 2. The fourth-order valence-electron chi connectivity index (χ4n) is 3.18. The van der Waals surface area contributed by atoms with E-state index in [0.29, 0.717) is 13.0 Å². The summed E-state index contributed by atoms with van der Waals surface area (Å²) in [7, 11) is 0. The van der Waals surface area contributed by atoms with Crippen LogP contribution in [-0.4, -0.2) is 30.4 Å². The summed E-state index contributed by atoms with van der Waals surface area (Å²) in [5, 5.41) is 3.42. The number of nitrogens with zero attached hydrogens (tertiary/aromatic N) is 4. The van der Waals surface area contributed by atoms with Crippen molar-refractivity contribution in [2.45, 2.75) is 38.5 Å². The van der Waals surface area contributed by atoms with Crippen molar-refractivity contribution < 1.29 is 4.79 Å². The zero-order valence-electron chi connectivity index (χ0n) is 10.2. The molecule has 0 bridgehead atoms. The Morgan fingerprint density at radius 1 is 1.29 bits per heavy atom. The largest absolute Gasteiger partial charge is 0.342 e. The molecule has 5 heteroatoms. The van der Waals surface area contributed by atoms with Gasteiger partial charge in [-0.05, 0) is 30.2 Å². The number of fused-ring (bicyclic) bond motifs is 1. The van der Waals surface area contributed by atoms with Gasteiger partial charge in [0.15, 0.2) is 0 Å². The Morgan fingerprint density at radius 3 is 2.82 bits per heavy atom. The highest BCUT2D eigenvalue weighted by Crippen LogP contribution is 2.36. The zero-order valence-corrected chi connectivity index (χ0v) is 10.2. The summed E-state index contributed by atoms with van der Waals surface area (Å²) >= 11 is 0. The molecule has 2 aliphatic rings. The molecule has 0 aromatic rings. The van der Waals surface area contributed by atoms with Crippen molar-refractivity contribution in [3.05, 3.63) is 10.4 Å². The smallest absolute Gasteiger partial charge is 0.222 e. The first-order chi connectivity index (χ1) is 8.31. The van der Waals surface area contributed by atoms with E-state index >= 15 is 0 Å². The Morgan fingerprint density at radius 2 is 2.06 bits per heavy atom. The maximum atomic E-state index is 11.9. The maximum Gasteiger partial charge on any atom is 0.222 e. The second-order valence-electron chi connectivity index (χ2n) is 5.14. The van der Waals surface area contributed by atoms with Gasteiger partial charge in [-0.25, -0.2) is 0 Å². The SMILES string of the molecule is [N-]=[N+]=NCCC(=O)N1CCC2CCCCC2C1. The van der Waals surface area contributed by atoms with Crippen molar-refractivity contribution in [2.24, 2.45) is 17.0 Å². The molecule has 2 atom stereocenters. The molecule has 1 aliphatic carbocycles. The standard InChI is InChI=1S/C12H20N4O/c13-15-14-7-5-12(17)16-8-6-10-3-1-2-4-11(10)9-16/h10-11H,1-9H2. The summed E-state index contributed by atoms with van der Waals surface area (Å²) < 4.78 is 0. The first-order valence-electron chi connectivity index (χ1n) is 6.60. The van der Waals surface area contributed by atoms with Crippen LogP contribution in [0.2, 0.25) is 0 Å². The fraction of sp³-hybridized carbons (Fsp3) is 0.917. The van der Waals surface area contributed by atoms with Crippen LogP contribution in [0.4, 0.5) is 0 Å². The van der Waals surface area contributed by atoms with Crippen LogP contribution >= 0.6 is 0 Å². The van der Waals surface area contributed by atoms with E-state index in [4.69, 9.17) is 5.53 Å². The number of carbonyl (C=O) groups is 1. The summed E-state index contributed by atoms with van der Waals surface area (Å²) in [5.41, 5.74) is 8.18. The van der Waals surface area contributed by atoms with Gasteiger partial charge in [-0.15, -0.1) is 0 Å². The van der Waals surface area contributed by atoms with E-state index in [2.05, 4.69) is 10.0 Å². The lowest BCUT2D eigenvalue weighted by Crippen LogP contribution is -2.44. The second kappa shape index (κ2) is 5.92. The van der Waals surface area contributed by atoms with Crippen LogP contribution < -0.4 is 0 Å². The molecule has 1 saturated carbocycles. The number of carbonyl (C=O) groups excluding carboxylic acids is 1. The molecule has 1 aliphatic heterocycles. The molecule has 5 nitrogen and oxygen atoms in total. The molecule has 0 aromatic heterocycles. The second-order valence-corrected chi connectivity index (χ2v) is 5.14. The van der Waals surface area contributed by atoms with Gasteiger partial charge in [0.05, 0.1) is 0 Å². The number of azide groups is 1. The molecule has 17 heavy (non-hydrogen) atoms. The van der Waals surface area contributed by atoms with Crippen LogP contribution in [-0.2, 0) is 4.79 Å². The Kier molecular flexibility index (Phi) is 4.26. The topological polar surface area (TPSA) is 69.1 Å². The summed E-state index contributed by atoms with van der Waals surface area (Å²) in [6.07, 6.45) is 6.85. The molecule has 1 saturated heterocycles. The molecule has 2 unspecified atom stereocenters. The normalized spacial score (nSPS) is 28.1. The number of amides is 1. The minimum atomic E-state index is 0.154. The van der Waals surface area contributed by atoms with Crippen LogP contribution in [0, 0.1) is 11.8 Å². The van der Waals surface area contributed by atoms with Gasteiger partial charge >= 0.3 is 0 Å². The number of rotatable bonds is 3. The van der Waals surface area contributed by atoms with Crippen molar-refractivity contribution in [1.29, 1.82) is 0 Å². The monoisotopic (exact) mass is 236 g/mol. The quantitative estimate of drug-likeness (QED) is 0.422. The summed E-state index contributed by atoms with van der Waals surface area (Å²) in [4.78, 5) is 16.5. The molecule has 0 radical (unpaired) electrons. The minimum absolute atomic E-state index is 0.154. The lowest BCUT2D eigenvalue weighted by atomic mass is 9.75. The molecule has 2 rings (SSSR count). The van der Waals surface area contributed by atoms with Crippen molar-refractivity contribution in [2.75, 3.05) is 19.6 Å². The lowest BCUT2D eigenvalue weighted by molar-refractivity contribution is -0.134. The van der Waals surface area contributed by atoms with E-state index in [9.17, 15) is 4.79 Å². The van der Waals surface area contributed by atoms with Gasteiger partial charge in [-0.3, -0.25) is 4.79 Å². The van der Waals surface area contributed by atoms with E-state index in [-0.39, 0.29) is 5.91 Å². The third-order valence-corrected chi connectivity index (χ3v) is 4.13. The van der Waals surface area contributed by atoms with Crippen molar-refractivity contribution in [3.8, 4) is 0 Å². The molecule has 94 valence electrons. The van der Waals surface area contributed by atoms with Gasteiger partial charge in [0, 0.05) is 31.0 Å². The van der Waals surface area contributed by atoms with Crippen LogP contribution in [0.1, 0.15) is 38.5 Å².